The lowest BCUT2D eigenvalue weighted by molar-refractivity contribution is -0.151. The fourth-order valence-electron chi connectivity index (χ4n) is 1.73. The molecule has 0 aromatic heterocycles. The predicted molar refractivity (Wildman–Crippen MR) is 65.8 cm³/mol. The summed E-state index contributed by atoms with van der Waals surface area (Å²) in [5.41, 5.74) is 0. The molecule has 0 fully saturated rings. The van der Waals surface area contributed by atoms with Crippen LogP contribution in [0.2, 0.25) is 0 Å². The molecule has 0 spiro atoms. The van der Waals surface area contributed by atoms with Gasteiger partial charge in [-0.15, -0.1) is 0 Å². The first-order valence-electron chi connectivity index (χ1n) is 6.50. The monoisotopic (exact) mass is 244 g/mol. The summed E-state index contributed by atoms with van der Waals surface area (Å²) in [5.74, 6) is -1.89. The smallest absolute Gasteiger partial charge is 0.307 e. The van der Waals surface area contributed by atoms with Crippen molar-refractivity contribution in [1.29, 1.82) is 0 Å². The first kappa shape index (κ1) is 15.9. The van der Waals surface area contributed by atoms with Gasteiger partial charge in [0.25, 0.3) is 0 Å². The third-order valence-electron chi connectivity index (χ3n) is 2.72. The van der Waals surface area contributed by atoms with Crippen molar-refractivity contribution in [2.24, 2.45) is 5.92 Å². The number of carbonyl (C=O) groups excluding carboxylic acids is 1. The number of carboxylic acids is 1. The van der Waals surface area contributed by atoms with Crippen LogP contribution >= 0.6 is 0 Å². The van der Waals surface area contributed by atoms with E-state index >= 15 is 0 Å². The highest BCUT2D eigenvalue weighted by Gasteiger charge is 2.21. The molecule has 0 saturated heterocycles. The highest BCUT2D eigenvalue weighted by Crippen LogP contribution is 2.16. The molecule has 1 unspecified atom stereocenters. The van der Waals surface area contributed by atoms with Crippen molar-refractivity contribution in [3.05, 3.63) is 0 Å². The lowest BCUT2D eigenvalue weighted by atomic mass is 9.97. The number of aliphatic carboxylic acids is 1. The highest BCUT2D eigenvalue weighted by molar-refractivity contribution is 5.78. The maximum Gasteiger partial charge on any atom is 0.307 e. The maximum absolute atomic E-state index is 11.2. The zero-order valence-electron chi connectivity index (χ0n) is 10.9. The van der Waals surface area contributed by atoms with E-state index in [1.54, 1.807) is 6.92 Å². The minimum absolute atomic E-state index is 0.00302. The molecule has 0 bridgehead atoms. The van der Waals surface area contributed by atoms with E-state index in [1.807, 2.05) is 0 Å². The number of rotatable bonds is 10. The number of carbonyl (C=O) groups is 2. The Balaban J connectivity index is 3.83. The van der Waals surface area contributed by atoms with Crippen molar-refractivity contribution in [2.75, 3.05) is 6.61 Å². The molecule has 4 nitrogen and oxygen atoms in total. The molecule has 17 heavy (non-hydrogen) atoms. The van der Waals surface area contributed by atoms with Crippen LogP contribution in [0.15, 0.2) is 0 Å². The molecule has 0 aromatic carbocycles. The Bertz CT molecular complexity index is 225. The summed E-state index contributed by atoms with van der Waals surface area (Å²) in [4.78, 5) is 22.2. The van der Waals surface area contributed by atoms with Gasteiger partial charge < -0.3 is 9.84 Å². The van der Waals surface area contributed by atoms with E-state index in [0.29, 0.717) is 13.0 Å². The van der Waals surface area contributed by atoms with Gasteiger partial charge in [-0.3, -0.25) is 9.59 Å². The minimum atomic E-state index is -0.895. The number of ether oxygens (including phenoxy) is 1. The van der Waals surface area contributed by atoms with Crippen LogP contribution in [0.3, 0.4) is 0 Å². The van der Waals surface area contributed by atoms with Gasteiger partial charge in [-0.05, 0) is 13.3 Å². The van der Waals surface area contributed by atoms with Crippen LogP contribution in [0, 0.1) is 5.92 Å². The standard InChI is InChI=1S/C13H24O4/c1-3-5-6-7-8-9-11(13(15)16)10-12(14)17-4-2/h11H,3-10H2,1-2H3,(H,15,16). The number of hydrogen-bond donors (Lipinski definition) is 1. The average Bonchev–Trinajstić information content (AvgIpc) is 2.27. The minimum Gasteiger partial charge on any atom is -0.481 e. The molecule has 0 aromatic rings. The average molecular weight is 244 g/mol. The summed E-state index contributed by atoms with van der Waals surface area (Å²) >= 11 is 0. The van der Waals surface area contributed by atoms with Gasteiger partial charge >= 0.3 is 11.9 Å². The normalized spacial score (nSPS) is 12.1. The molecule has 0 aliphatic rings. The van der Waals surface area contributed by atoms with Crippen LogP contribution in [-0.2, 0) is 14.3 Å². The molecule has 0 aliphatic heterocycles. The Morgan fingerprint density at radius 2 is 1.76 bits per heavy atom. The van der Waals surface area contributed by atoms with E-state index in [-0.39, 0.29) is 6.42 Å². The van der Waals surface area contributed by atoms with E-state index in [2.05, 4.69) is 6.92 Å². The van der Waals surface area contributed by atoms with Gasteiger partial charge in [-0.1, -0.05) is 39.0 Å². The van der Waals surface area contributed by atoms with E-state index in [1.165, 1.54) is 12.8 Å². The van der Waals surface area contributed by atoms with Gasteiger partial charge in [0.05, 0.1) is 18.9 Å². The molecule has 1 atom stereocenters. The largest absolute Gasteiger partial charge is 0.481 e. The van der Waals surface area contributed by atoms with Crippen molar-refractivity contribution in [3.63, 3.8) is 0 Å². The van der Waals surface area contributed by atoms with Crippen molar-refractivity contribution >= 4 is 11.9 Å². The van der Waals surface area contributed by atoms with E-state index in [9.17, 15) is 9.59 Å². The summed E-state index contributed by atoms with van der Waals surface area (Å²) in [6, 6.07) is 0. The molecule has 100 valence electrons. The van der Waals surface area contributed by atoms with Gasteiger partial charge in [-0.2, -0.15) is 0 Å². The maximum atomic E-state index is 11.2. The van der Waals surface area contributed by atoms with Crippen molar-refractivity contribution < 1.29 is 19.4 Å². The number of carboxylic acid groups (broad SMARTS) is 1. The Kier molecular flexibility index (Phi) is 9.49. The van der Waals surface area contributed by atoms with Gasteiger partial charge in [0.2, 0.25) is 0 Å². The molecule has 4 heteroatoms. The number of hydrogen-bond acceptors (Lipinski definition) is 3. The highest BCUT2D eigenvalue weighted by atomic mass is 16.5. The van der Waals surface area contributed by atoms with Crippen LogP contribution in [0.1, 0.15) is 58.8 Å². The van der Waals surface area contributed by atoms with E-state index in [0.717, 1.165) is 19.3 Å². The van der Waals surface area contributed by atoms with Crippen LogP contribution in [0.4, 0.5) is 0 Å². The fraction of sp³-hybridized carbons (Fsp3) is 0.846. The van der Waals surface area contributed by atoms with Crippen LogP contribution in [-0.4, -0.2) is 23.7 Å². The second kappa shape index (κ2) is 10.1. The SMILES string of the molecule is CCCCCCCC(CC(=O)OCC)C(=O)O. The number of unbranched alkanes of at least 4 members (excludes halogenated alkanes) is 4. The number of esters is 1. The van der Waals surface area contributed by atoms with Crippen molar-refractivity contribution in [2.45, 2.75) is 58.8 Å². The van der Waals surface area contributed by atoms with Gasteiger partial charge in [0.1, 0.15) is 0 Å². The Morgan fingerprint density at radius 1 is 1.12 bits per heavy atom. The van der Waals surface area contributed by atoms with Gasteiger partial charge in [0.15, 0.2) is 0 Å². The second-order valence-electron chi connectivity index (χ2n) is 4.25. The topological polar surface area (TPSA) is 63.6 Å². The summed E-state index contributed by atoms with van der Waals surface area (Å²) in [5, 5.41) is 8.99. The molecule has 0 aliphatic carbocycles. The Hall–Kier alpha value is -1.06. The second-order valence-corrected chi connectivity index (χ2v) is 4.25. The molecular weight excluding hydrogens is 220 g/mol. The lowest BCUT2D eigenvalue weighted by Gasteiger charge is -2.11. The molecule has 0 heterocycles. The van der Waals surface area contributed by atoms with E-state index < -0.39 is 17.9 Å². The molecular formula is C13H24O4. The first-order valence-corrected chi connectivity index (χ1v) is 6.50. The van der Waals surface area contributed by atoms with Crippen LogP contribution < -0.4 is 0 Å². The van der Waals surface area contributed by atoms with Crippen molar-refractivity contribution in [3.8, 4) is 0 Å². The third kappa shape index (κ3) is 8.72. The summed E-state index contributed by atoms with van der Waals surface area (Å²) in [7, 11) is 0. The first-order chi connectivity index (χ1) is 8.11. The Labute approximate surface area is 103 Å². The summed E-state index contributed by atoms with van der Waals surface area (Å²) in [6.45, 7) is 4.17. The molecule has 0 saturated carbocycles. The zero-order valence-corrected chi connectivity index (χ0v) is 10.9. The molecule has 1 N–H and O–H groups in total. The lowest BCUT2D eigenvalue weighted by Crippen LogP contribution is -2.19. The van der Waals surface area contributed by atoms with E-state index in [4.69, 9.17) is 9.84 Å². The third-order valence-corrected chi connectivity index (χ3v) is 2.72. The molecule has 0 amide bonds. The zero-order chi connectivity index (χ0) is 13.1. The van der Waals surface area contributed by atoms with Crippen LogP contribution in [0.5, 0.6) is 0 Å². The van der Waals surface area contributed by atoms with Gasteiger partial charge in [0, 0.05) is 0 Å². The fourth-order valence-corrected chi connectivity index (χ4v) is 1.73. The van der Waals surface area contributed by atoms with Crippen molar-refractivity contribution in [1.82, 2.24) is 0 Å². The summed E-state index contributed by atoms with van der Waals surface area (Å²) < 4.78 is 4.77. The predicted octanol–water partition coefficient (Wildman–Crippen LogP) is 3.00. The van der Waals surface area contributed by atoms with Crippen LogP contribution in [0.25, 0.3) is 0 Å². The summed E-state index contributed by atoms with van der Waals surface area (Å²) in [6.07, 6.45) is 5.98. The molecule has 0 rings (SSSR count). The Morgan fingerprint density at radius 3 is 2.29 bits per heavy atom. The quantitative estimate of drug-likeness (QED) is 0.474. The van der Waals surface area contributed by atoms with Gasteiger partial charge in [-0.25, -0.2) is 0 Å². The molecule has 0 radical (unpaired) electrons.